The number of guanidine groups is 1. The van der Waals surface area contributed by atoms with Gasteiger partial charge in [0.05, 0.1) is 0 Å². The second-order valence-electron chi connectivity index (χ2n) is 8.21. The van der Waals surface area contributed by atoms with Crippen molar-refractivity contribution in [1.29, 1.82) is 0 Å². The summed E-state index contributed by atoms with van der Waals surface area (Å²) in [7, 11) is 1.82. The van der Waals surface area contributed by atoms with Gasteiger partial charge in [-0.25, -0.2) is 0 Å². The number of rotatable bonds is 3. The van der Waals surface area contributed by atoms with Gasteiger partial charge in [0.25, 0.3) is 0 Å². The van der Waals surface area contributed by atoms with Crippen LogP contribution in [0.3, 0.4) is 0 Å². The molecule has 5 nitrogen and oxygen atoms in total. The molecule has 1 amide bonds. The number of carbonyl (C=O) groups excluding carboxylic acids is 1. The lowest BCUT2D eigenvalue weighted by molar-refractivity contribution is -0.135. The fourth-order valence-electron chi connectivity index (χ4n) is 3.93. The maximum atomic E-state index is 12.6. The summed E-state index contributed by atoms with van der Waals surface area (Å²) >= 11 is 0. The second kappa shape index (κ2) is 8.23. The molecule has 2 saturated carbocycles. The molecule has 0 aromatic heterocycles. The van der Waals surface area contributed by atoms with Crippen molar-refractivity contribution < 1.29 is 4.79 Å². The van der Waals surface area contributed by atoms with Gasteiger partial charge >= 0.3 is 0 Å². The molecule has 3 rings (SSSR count). The van der Waals surface area contributed by atoms with Gasteiger partial charge in [0, 0.05) is 38.1 Å². The molecule has 24 heavy (non-hydrogen) atoms. The van der Waals surface area contributed by atoms with Crippen LogP contribution < -0.4 is 10.6 Å². The molecule has 2 aliphatic carbocycles. The smallest absolute Gasteiger partial charge is 0.225 e. The normalized spacial score (nSPS) is 29.8. The number of hydrogen-bond acceptors (Lipinski definition) is 2. The predicted molar refractivity (Wildman–Crippen MR) is 109 cm³/mol. The molecule has 0 aromatic carbocycles. The minimum absolute atomic E-state index is 0. The maximum absolute atomic E-state index is 12.6. The molecule has 1 saturated heterocycles. The quantitative estimate of drug-likeness (QED) is 0.397. The molecule has 3 aliphatic rings. The Morgan fingerprint density at radius 1 is 1.12 bits per heavy atom. The van der Waals surface area contributed by atoms with Crippen molar-refractivity contribution in [3.05, 3.63) is 0 Å². The lowest BCUT2D eigenvalue weighted by Crippen LogP contribution is -2.46. The van der Waals surface area contributed by atoms with E-state index >= 15 is 0 Å². The highest BCUT2D eigenvalue weighted by atomic mass is 127. The first-order valence-electron chi connectivity index (χ1n) is 9.28. The van der Waals surface area contributed by atoms with E-state index in [1.807, 2.05) is 7.05 Å². The van der Waals surface area contributed by atoms with Crippen LogP contribution in [0.5, 0.6) is 0 Å². The number of hydrogen-bond donors (Lipinski definition) is 2. The minimum atomic E-state index is 0. The van der Waals surface area contributed by atoms with E-state index in [-0.39, 0.29) is 29.9 Å². The number of halogens is 1. The van der Waals surface area contributed by atoms with Crippen molar-refractivity contribution in [3.63, 3.8) is 0 Å². The zero-order chi connectivity index (χ0) is 16.4. The summed E-state index contributed by atoms with van der Waals surface area (Å²) in [6.07, 6.45) is 8.14. The molecule has 6 heteroatoms. The van der Waals surface area contributed by atoms with Crippen LogP contribution in [0.1, 0.15) is 58.8 Å². The summed E-state index contributed by atoms with van der Waals surface area (Å²) in [5, 5.41) is 7.01. The van der Waals surface area contributed by atoms with Gasteiger partial charge in [0.15, 0.2) is 5.96 Å². The summed E-state index contributed by atoms with van der Waals surface area (Å²) in [6, 6.07) is 0.852. The van der Waals surface area contributed by atoms with Crippen LogP contribution in [0.2, 0.25) is 0 Å². The molecule has 0 bridgehead atoms. The summed E-state index contributed by atoms with van der Waals surface area (Å²) in [5.41, 5.74) is 0.385. The number of nitrogens with one attached hydrogen (secondary N) is 2. The standard InChI is InChI=1S/C18H32N4O.HI/c1-18(2)11-15(18)21-17(19-3)20-14-9-10-22(12-14)16(23)13-7-5-4-6-8-13;/h13-15H,4-12H2,1-3H3,(H2,19,20,21);1H. The van der Waals surface area contributed by atoms with Crippen molar-refractivity contribution in [2.75, 3.05) is 20.1 Å². The average molecular weight is 448 g/mol. The largest absolute Gasteiger partial charge is 0.353 e. The van der Waals surface area contributed by atoms with E-state index in [0.717, 1.165) is 38.3 Å². The molecule has 138 valence electrons. The van der Waals surface area contributed by atoms with Crippen molar-refractivity contribution >= 4 is 35.8 Å². The van der Waals surface area contributed by atoms with Crippen molar-refractivity contribution in [3.8, 4) is 0 Å². The molecule has 0 spiro atoms. The third-order valence-corrected chi connectivity index (χ3v) is 5.84. The monoisotopic (exact) mass is 448 g/mol. The van der Waals surface area contributed by atoms with Crippen LogP contribution in [-0.2, 0) is 4.79 Å². The van der Waals surface area contributed by atoms with E-state index < -0.39 is 0 Å². The zero-order valence-corrected chi connectivity index (χ0v) is 17.6. The molecule has 1 aliphatic heterocycles. The summed E-state index contributed by atoms with van der Waals surface area (Å²) < 4.78 is 0. The number of likely N-dealkylation sites (tertiary alicyclic amines) is 1. The average Bonchev–Trinajstić information content (AvgIpc) is 2.95. The van der Waals surface area contributed by atoms with E-state index in [1.54, 1.807) is 0 Å². The zero-order valence-electron chi connectivity index (χ0n) is 15.3. The van der Waals surface area contributed by atoms with Crippen LogP contribution in [0, 0.1) is 11.3 Å². The lowest BCUT2D eigenvalue weighted by Gasteiger charge is -2.26. The van der Waals surface area contributed by atoms with Gasteiger partial charge in [-0.3, -0.25) is 9.79 Å². The first-order chi connectivity index (χ1) is 11.0. The van der Waals surface area contributed by atoms with Gasteiger partial charge in [-0.05, 0) is 31.1 Å². The van der Waals surface area contributed by atoms with E-state index in [9.17, 15) is 4.79 Å². The van der Waals surface area contributed by atoms with Gasteiger partial charge < -0.3 is 15.5 Å². The number of nitrogens with zero attached hydrogens (tertiary/aromatic N) is 2. The molecular weight excluding hydrogens is 415 g/mol. The van der Waals surface area contributed by atoms with Crippen molar-refractivity contribution in [2.45, 2.75) is 70.9 Å². The lowest BCUT2D eigenvalue weighted by atomic mass is 9.88. The summed E-state index contributed by atoms with van der Waals surface area (Å²) in [4.78, 5) is 19.0. The Morgan fingerprint density at radius 3 is 2.38 bits per heavy atom. The summed E-state index contributed by atoms with van der Waals surface area (Å²) in [5.74, 6) is 1.56. The Bertz CT molecular complexity index is 474. The summed E-state index contributed by atoms with van der Waals surface area (Å²) in [6.45, 7) is 6.26. The van der Waals surface area contributed by atoms with Crippen LogP contribution in [0.15, 0.2) is 4.99 Å². The van der Waals surface area contributed by atoms with Crippen LogP contribution in [0.25, 0.3) is 0 Å². The Kier molecular flexibility index (Phi) is 6.79. The Morgan fingerprint density at radius 2 is 1.79 bits per heavy atom. The van der Waals surface area contributed by atoms with Crippen LogP contribution >= 0.6 is 24.0 Å². The highest BCUT2D eigenvalue weighted by Crippen LogP contribution is 2.44. The van der Waals surface area contributed by atoms with Crippen molar-refractivity contribution in [1.82, 2.24) is 15.5 Å². The number of aliphatic imine (C=N–C) groups is 1. The molecule has 3 fully saturated rings. The van der Waals surface area contributed by atoms with Gasteiger partial charge in [-0.2, -0.15) is 0 Å². The molecule has 1 heterocycles. The molecule has 2 N–H and O–H groups in total. The molecule has 2 unspecified atom stereocenters. The SMILES string of the molecule is CN=C(NC1CCN(C(=O)C2CCCCC2)C1)NC1CC1(C)C.I. The fraction of sp³-hybridized carbons (Fsp3) is 0.889. The predicted octanol–water partition coefficient (Wildman–Crippen LogP) is 2.75. The third-order valence-electron chi connectivity index (χ3n) is 5.84. The van der Waals surface area contributed by atoms with E-state index in [4.69, 9.17) is 0 Å². The van der Waals surface area contributed by atoms with Gasteiger partial charge in [-0.1, -0.05) is 33.1 Å². The first-order valence-corrected chi connectivity index (χ1v) is 9.28. The highest BCUT2D eigenvalue weighted by molar-refractivity contribution is 14.0. The molecule has 2 atom stereocenters. The van der Waals surface area contributed by atoms with E-state index in [2.05, 4.69) is 34.4 Å². The van der Waals surface area contributed by atoms with E-state index in [1.165, 1.54) is 25.7 Å². The topological polar surface area (TPSA) is 56.7 Å². The minimum Gasteiger partial charge on any atom is -0.353 e. The third kappa shape index (κ3) is 4.76. The van der Waals surface area contributed by atoms with Crippen LogP contribution in [0.4, 0.5) is 0 Å². The Balaban J connectivity index is 0.00000208. The molecule has 0 radical (unpaired) electrons. The van der Waals surface area contributed by atoms with E-state index in [0.29, 0.717) is 23.4 Å². The highest BCUT2D eigenvalue weighted by Gasteiger charge is 2.46. The van der Waals surface area contributed by atoms with Gasteiger partial charge in [0.1, 0.15) is 0 Å². The first kappa shape index (κ1) is 19.8. The Labute approximate surface area is 163 Å². The fourth-order valence-corrected chi connectivity index (χ4v) is 3.93. The van der Waals surface area contributed by atoms with Crippen molar-refractivity contribution in [2.24, 2.45) is 16.3 Å². The van der Waals surface area contributed by atoms with Gasteiger partial charge in [-0.15, -0.1) is 24.0 Å². The molecular formula is C18H33IN4O. The van der Waals surface area contributed by atoms with Gasteiger partial charge in [0.2, 0.25) is 5.91 Å². The number of carbonyl (C=O) groups is 1. The maximum Gasteiger partial charge on any atom is 0.225 e. The Hall–Kier alpha value is -0.530. The number of amides is 1. The second-order valence-corrected chi connectivity index (χ2v) is 8.21. The molecule has 0 aromatic rings. The van der Waals surface area contributed by atoms with Crippen LogP contribution in [-0.4, -0.2) is 49.0 Å².